The van der Waals surface area contributed by atoms with Crippen molar-refractivity contribution in [3.63, 3.8) is 0 Å². The Balaban J connectivity index is 1.79. The second kappa shape index (κ2) is 9.46. The molecule has 0 radical (unpaired) electrons. The van der Waals surface area contributed by atoms with Gasteiger partial charge in [-0.15, -0.1) is 0 Å². The topological polar surface area (TPSA) is 76.7 Å². The van der Waals surface area contributed by atoms with E-state index in [2.05, 4.69) is 10.9 Å². The first-order valence-electron chi connectivity index (χ1n) is 8.50. The van der Waals surface area contributed by atoms with Gasteiger partial charge in [0.1, 0.15) is 11.5 Å². The molecule has 0 saturated heterocycles. The van der Waals surface area contributed by atoms with Crippen molar-refractivity contribution in [1.29, 1.82) is 0 Å². The molecule has 1 unspecified atom stereocenters. The molecule has 0 aromatic heterocycles. The van der Waals surface area contributed by atoms with Crippen molar-refractivity contribution in [3.8, 4) is 11.5 Å². The summed E-state index contributed by atoms with van der Waals surface area (Å²) in [6, 6.07) is 14.8. The standard InChI is InChI=1S/C20H24N2O4/c1-4-17(26-16-11-9-14(2)10-12-16)20(24)22-21-19(23)13-25-18-8-6-5-7-15(18)3/h5-12,17H,4,13H2,1-3H3,(H,21,23)(H,22,24). The summed E-state index contributed by atoms with van der Waals surface area (Å²) < 4.78 is 11.1. The third-order valence-corrected chi connectivity index (χ3v) is 3.74. The number of benzene rings is 2. The van der Waals surface area contributed by atoms with Crippen molar-refractivity contribution >= 4 is 11.8 Å². The predicted octanol–water partition coefficient (Wildman–Crippen LogP) is 2.69. The summed E-state index contributed by atoms with van der Waals surface area (Å²) in [6.45, 7) is 5.51. The Kier molecular flexibility index (Phi) is 7.02. The number of amides is 2. The summed E-state index contributed by atoms with van der Waals surface area (Å²) in [7, 11) is 0. The highest BCUT2D eigenvalue weighted by atomic mass is 16.5. The van der Waals surface area contributed by atoms with E-state index in [0.717, 1.165) is 11.1 Å². The summed E-state index contributed by atoms with van der Waals surface area (Å²) in [5.41, 5.74) is 6.75. The van der Waals surface area contributed by atoms with E-state index in [4.69, 9.17) is 9.47 Å². The van der Waals surface area contributed by atoms with Crippen molar-refractivity contribution in [2.24, 2.45) is 0 Å². The predicted molar refractivity (Wildman–Crippen MR) is 98.8 cm³/mol. The van der Waals surface area contributed by atoms with Gasteiger partial charge in [-0.3, -0.25) is 20.4 Å². The molecular weight excluding hydrogens is 332 g/mol. The maximum absolute atomic E-state index is 12.2. The van der Waals surface area contributed by atoms with Crippen molar-refractivity contribution in [1.82, 2.24) is 10.9 Å². The van der Waals surface area contributed by atoms with E-state index < -0.39 is 17.9 Å². The number of nitrogens with one attached hydrogen (secondary N) is 2. The molecule has 2 N–H and O–H groups in total. The Bertz CT molecular complexity index is 744. The van der Waals surface area contributed by atoms with Gasteiger partial charge in [0.15, 0.2) is 12.7 Å². The number of hydrazine groups is 1. The second-order valence-corrected chi connectivity index (χ2v) is 5.92. The van der Waals surface area contributed by atoms with Gasteiger partial charge in [0.05, 0.1) is 0 Å². The van der Waals surface area contributed by atoms with Gasteiger partial charge in [-0.05, 0) is 44.0 Å². The van der Waals surface area contributed by atoms with Crippen LogP contribution in [0.25, 0.3) is 0 Å². The Labute approximate surface area is 153 Å². The minimum atomic E-state index is -0.699. The highest BCUT2D eigenvalue weighted by molar-refractivity contribution is 5.85. The fraction of sp³-hybridized carbons (Fsp3) is 0.300. The van der Waals surface area contributed by atoms with Crippen LogP contribution in [-0.2, 0) is 9.59 Å². The highest BCUT2D eigenvalue weighted by Crippen LogP contribution is 2.16. The molecule has 138 valence electrons. The van der Waals surface area contributed by atoms with Gasteiger partial charge in [-0.25, -0.2) is 0 Å². The van der Waals surface area contributed by atoms with Crippen LogP contribution in [0, 0.1) is 13.8 Å². The summed E-state index contributed by atoms with van der Waals surface area (Å²) >= 11 is 0. The molecule has 6 nitrogen and oxygen atoms in total. The summed E-state index contributed by atoms with van der Waals surface area (Å²) in [4.78, 5) is 24.0. The molecule has 26 heavy (non-hydrogen) atoms. The number of hydrogen-bond donors (Lipinski definition) is 2. The summed E-state index contributed by atoms with van der Waals surface area (Å²) in [5.74, 6) is 0.360. The lowest BCUT2D eigenvalue weighted by Gasteiger charge is -2.17. The molecule has 0 aliphatic rings. The van der Waals surface area contributed by atoms with Crippen LogP contribution in [0.5, 0.6) is 11.5 Å². The second-order valence-electron chi connectivity index (χ2n) is 5.92. The molecule has 1 atom stereocenters. The average Bonchev–Trinajstić information content (AvgIpc) is 2.65. The van der Waals surface area contributed by atoms with Gasteiger partial charge < -0.3 is 9.47 Å². The molecule has 2 rings (SSSR count). The minimum Gasteiger partial charge on any atom is -0.483 e. The van der Waals surface area contributed by atoms with E-state index in [1.54, 1.807) is 18.2 Å². The first-order valence-corrected chi connectivity index (χ1v) is 8.50. The van der Waals surface area contributed by atoms with E-state index in [1.807, 2.05) is 51.1 Å². The molecule has 2 aromatic carbocycles. The van der Waals surface area contributed by atoms with Crippen LogP contribution in [0.3, 0.4) is 0 Å². The zero-order chi connectivity index (χ0) is 18.9. The lowest BCUT2D eigenvalue weighted by molar-refractivity contribution is -0.134. The third kappa shape index (κ3) is 5.81. The number of carbonyl (C=O) groups excluding carboxylic acids is 2. The largest absolute Gasteiger partial charge is 0.483 e. The molecule has 0 bridgehead atoms. The molecule has 0 spiro atoms. The lowest BCUT2D eigenvalue weighted by Crippen LogP contribution is -2.49. The van der Waals surface area contributed by atoms with Gasteiger partial charge in [0, 0.05) is 0 Å². The van der Waals surface area contributed by atoms with Crippen LogP contribution in [0.1, 0.15) is 24.5 Å². The van der Waals surface area contributed by atoms with E-state index in [9.17, 15) is 9.59 Å². The van der Waals surface area contributed by atoms with E-state index in [0.29, 0.717) is 17.9 Å². The molecule has 0 aliphatic carbocycles. The van der Waals surface area contributed by atoms with Gasteiger partial charge in [-0.1, -0.05) is 42.8 Å². The van der Waals surface area contributed by atoms with Crippen molar-refractivity contribution in [3.05, 3.63) is 59.7 Å². The number of rotatable bonds is 7. The zero-order valence-electron chi connectivity index (χ0n) is 15.2. The fourth-order valence-electron chi connectivity index (χ4n) is 2.21. The molecule has 6 heteroatoms. The van der Waals surface area contributed by atoms with Crippen LogP contribution >= 0.6 is 0 Å². The number of para-hydroxylation sites is 1. The number of carbonyl (C=O) groups is 2. The smallest absolute Gasteiger partial charge is 0.279 e. The number of aryl methyl sites for hydroxylation is 2. The van der Waals surface area contributed by atoms with Gasteiger partial charge in [0.25, 0.3) is 11.8 Å². The van der Waals surface area contributed by atoms with E-state index in [-0.39, 0.29) is 6.61 Å². The van der Waals surface area contributed by atoms with Crippen molar-refractivity contribution in [2.75, 3.05) is 6.61 Å². The highest BCUT2D eigenvalue weighted by Gasteiger charge is 2.19. The van der Waals surface area contributed by atoms with Crippen LogP contribution < -0.4 is 20.3 Å². The monoisotopic (exact) mass is 356 g/mol. The van der Waals surface area contributed by atoms with Crippen LogP contribution in [0.4, 0.5) is 0 Å². The Morgan fingerprint density at radius 3 is 2.35 bits per heavy atom. The van der Waals surface area contributed by atoms with E-state index in [1.165, 1.54) is 0 Å². The summed E-state index contributed by atoms with van der Waals surface area (Å²) in [5, 5.41) is 0. The number of hydrogen-bond acceptors (Lipinski definition) is 4. The molecule has 0 heterocycles. The third-order valence-electron chi connectivity index (χ3n) is 3.74. The Morgan fingerprint density at radius 1 is 1.00 bits per heavy atom. The Hall–Kier alpha value is -3.02. The van der Waals surface area contributed by atoms with Crippen LogP contribution in [-0.4, -0.2) is 24.5 Å². The number of ether oxygens (including phenoxy) is 2. The maximum atomic E-state index is 12.2. The lowest BCUT2D eigenvalue weighted by atomic mass is 10.2. The maximum Gasteiger partial charge on any atom is 0.279 e. The molecule has 2 aromatic rings. The van der Waals surface area contributed by atoms with Gasteiger partial charge in [-0.2, -0.15) is 0 Å². The zero-order valence-corrected chi connectivity index (χ0v) is 15.2. The minimum absolute atomic E-state index is 0.194. The first kappa shape index (κ1) is 19.3. The molecule has 2 amide bonds. The van der Waals surface area contributed by atoms with Crippen molar-refractivity contribution in [2.45, 2.75) is 33.3 Å². The molecule has 0 saturated carbocycles. The molecule has 0 aliphatic heterocycles. The molecule has 0 fully saturated rings. The van der Waals surface area contributed by atoms with E-state index >= 15 is 0 Å². The average molecular weight is 356 g/mol. The fourth-order valence-corrected chi connectivity index (χ4v) is 2.21. The van der Waals surface area contributed by atoms with Crippen molar-refractivity contribution < 1.29 is 19.1 Å². The van der Waals surface area contributed by atoms with Crippen LogP contribution in [0.15, 0.2) is 48.5 Å². The SMILES string of the molecule is CCC(Oc1ccc(C)cc1)C(=O)NNC(=O)COc1ccccc1C. The Morgan fingerprint density at radius 2 is 1.69 bits per heavy atom. The van der Waals surface area contributed by atoms with Gasteiger partial charge >= 0.3 is 0 Å². The quantitative estimate of drug-likeness (QED) is 0.748. The van der Waals surface area contributed by atoms with Crippen LogP contribution in [0.2, 0.25) is 0 Å². The molecular formula is C20H24N2O4. The first-order chi connectivity index (χ1) is 12.5. The van der Waals surface area contributed by atoms with Gasteiger partial charge in [0.2, 0.25) is 0 Å². The summed E-state index contributed by atoms with van der Waals surface area (Å²) in [6.07, 6.45) is -0.231. The normalized spacial score (nSPS) is 11.3.